The molecular weight excluding hydrogens is 256 g/mol. The van der Waals surface area contributed by atoms with Gasteiger partial charge in [-0.3, -0.25) is 4.79 Å². The summed E-state index contributed by atoms with van der Waals surface area (Å²) < 4.78 is 4.52. The van der Waals surface area contributed by atoms with E-state index in [1.807, 2.05) is 6.92 Å². The molecule has 0 saturated carbocycles. The molecule has 1 N–H and O–H groups in total. The maximum Gasteiger partial charge on any atom is 0.325 e. The van der Waals surface area contributed by atoms with Gasteiger partial charge in [0.1, 0.15) is 6.54 Å². The van der Waals surface area contributed by atoms with Crippen molar-refractivity contribution in [1.82, 2.24) is 10.2 Å². The smallest absolute Gasteiger partial charge is 0.325 e. The molecule has 1 heterocycles. The van der Waals surface area contributed by atoms with Gasteiger partial charge in [-0.2, -0.15) is 0 Å². The summed E-state index contributed by atoms with van der Waals surface area (Å²) in [6, 6.07) is 8.11. The number of rotatable bonds is 3. The van der Waals surface area contributed by atoms with E-state index in [2.05, 4.69) is 34.3 Å². The second kappa shape index (κ2) is 6.41. The molecule has 1 aliphatic heterocycles. The molecule has 1 atom stereocenters. The summed E-state index contributed by atoms with van der Waals surface area (Å²) in [4.78, 5) is 25.0. The van der Waals surface area contributed by atoms with E-state index in [0.29, 0.717) is 6.54 Å². The minimum absolute atomic E-state index is 0.0908. The summed E-state index contributed by atoms with van der Waals surface area (Å²) in [5.74, 6) is -0.440. The highest BCUT2D eigenvalue weighted by Gasteiger charge is 2.29. The SMILES string of the molecule is COC(=O)CNC(=O)N1CCC[C@H]1c1ccc(C)cc1. The predicted molar refractivity (Wildman–Crippen MR) is 75.3 cm³/mol. The first-order valence-electron chi connectivity index (χ1n) is 6.79. The average molecular weight is 276 g/mol. The fourth-order valence-electron chi connectivity index (χ4n) is 2.47. The number of methoxy groups -OCH3 is 1. The summed E-state index contributed by atoms with van der Waals surface area (Å²) in [6.07, 6.45) is 1.93. The predicted octanol–water partition coefficient (Wildman–Crippen LogP) is 2.01. The van der Waals surface area contributed by atoms with Crippen molar-refractivity contribution in [3.8, 4) is 0 Å². The van der Waals surface area contributed by atoms with Crippen molar-refractivity contribution in [2.45, 2.75) is 25.8 Å². The number of nitrogens with one attached hydrogen (secondary N) is 1. The monoisotopic (exact) mass is 276 g/mol. The van der Waals surface area contributed by atoms with Gasteiger partial charge in [-0.1, -0.05) is 29.8 Å². The largest absolute Gasteiger partial charge is 0.468 e. The number of nitrogens with zero attached hydrogens (tertiary/aromatic N) is 1. The fraction of sp³-hybridized carbons (Fsp3) is 0.467. The van der Waals surface area contributed by atoms with Crippen molar-refractivity contribution in [2.75, 3.05) is 20.2 Å². The van der Waals surface area contributed by atoms with Crippen LogP contribution in [0.25, 0.3) is 0 Å². The van der Waals surface area contributed by atoms with Gasteiger partial charge in [0.25, 0.3) is 0 Å². The molecule has 5 nitrogen and oxygen atoms in total. The topological polar surface area (TPSA) is 58.6 Å². The Hall–Kier alpha value is -2.04. The van der Waals surface area contributed by atoms with Gasteiger partial charge >= 0.3 is 12.0 Å². The summed E-state index contributed by atoms with van der Waals surface area (Å²) in [6.45, 7) is 2.66. The average Bonchev–Trinajstić information content (AvgIpc) is 2.94. The Balaban J connectivity index is 2.01. The Morgan fingerprint density at radius 3 is 2.70 bits per heavy atom. The zero-order valence-electron chi connectivity index (χ0n) is 11.9. The van der Waals surface area contributed by atoms with E-state index >= 15 is 0 Å². The van der Waals surface area contributed by atoms with E-state index in [1.165, 1.54) is 12.7 Å². The molecule has 1 saturated heterocycles. The number of aryl methyl sites for hydroxylation is 1. The molecule has 0 radical (unpaired) electrons. The minimum Gasteiger partial charge on any atom is -0.468 e. The second-order valence-corrected chi connectivity index (χ2v) is 5.00. The van der Waals surface area contributed by atoms with E-state index < -0.39 is 5.97 Å². The molecule has 0 bridgehead atoms. The summed E-state index contributed by atoms with van der Waals surface area (Å²) in [5.41, 5.74) is 2.34. The lowest BCUT2D eigenvalue weighted by Crippen LogP contribution is -2.41. The highest BCUT2D eigenvalue weighted by molar-refractivity contribution is 5.81. The molecule has 108 valence electrons. The zero-order valence-corrected chi connectivity index (χ0v) is 11.9. The van der Waals surface area contributed by atoms with Gasteiger partial charge < -0.3 is 15.0 Å². The first-order valence-corrected chi connectivity index (χ1v) is 6.79. The minimum atomic E-state index is -0.440. The number of amides is 2. The van der Waals surface area contributed by atoms with Crippen LogP contribution in [0.15, 0.2) is 24.3 Å². The molecule has 5 heteroatoms. The van der Waals surface area contributed by atoms with Crippen molar-refractivity contribution in [3.05, 3.63) is 35.4 Å². The number of urea groups is 1. The van der Waals surface area contributed by atoms with Crippen molar-refractivity contribution in [1.29, 1.82) is 0 Å². The molecule has 1 aromatic carbocycles. The molecule has 20 heavy (non-hydrogen) atoms. The lowest BCUT2D eigenvalue weighted by Gasteiger charge is -2.25. The van der Waals surface area contributed by atoms with Crippen molar-refractivity contribution in [2.24, 2.45) is 0 Å². The second-order valence-electron chi connectivity index (χ2n) is 5.00. The van der Waals surface area contributed by atoms with E-state index in [0.717, 1.165) is 18.4 Å². The first kappa shape index (κ1) is 14.4. The van der Waals surface area contributed by atoms with Crippen LogP contribution in [0.5, 0.6) is 0 Å². The molecule has 1 aromatic rings. The van der Waals surface area contributed by atoms with Crippen LogP contribution in [0.3, 0.4) is 0 Å². The molecular formula is C15H20N2O3. The number of hydrogen-bond acceptors (Lipinski definition) is 3. The van der Waals surface area contributed by atoms with Crippen LogP contribution in [-0.4, -0.2) is 37.1 Å². The molecule has 2 rings (SSSR count). The normalized spacial score (nSPS) is 17.9. The van der Waals surface area contributed by atoms with Gasteiger partial charge in [0.15, 0.2) is 0 Å². The maximum absolute atomic E-state index is 12.1. The zero-order chi connectivity index (χ0) is 14.5. The highest BCUT2D eigenvalue weighted by Crippen LogP contribution is 2.31. The van der Waals surface area contributed by atoms with Gasteiger partial charge in [0, 0.05) is 6.54 Å². The van der Waals surface area contributed by atoms with E-state index in [9.17, 15) is 9.59 Å². The van der Waals surface area contributed by atoms with Crippen LogP contribution in [0, 0.1) is 6.92 Å². The number of likely N-dealkylation sites (tertiary alicyclic amines) is 1. The fourth-order valence-corrected chi connectivity index (χ4v) is 2.47. The third-order valence-corrected chi connectivity index (χ3v) is 3.59. The molecule has 0 spiro atoms. The summed E-state index contributed by atoms with van der Waals surface area (Å²) in [5, 5.41) is 2.60. The lowest BCUT2D eigenvalue weighted by atomic mass is 10.0. The van der Waals surface area contributed by atoms with Gasteiger partial charge in [-0.15, -0.1) is 0 Å². The van der Waals surface area contributed by atoms with Crippen molar-refractivity contribution >= 4 is 12.0 Å². The van der Waals surface area contributed by atoms with Crippen LogP contribution < -0.4 is 5.32 Å². The van der Waals surface area contributed by atoms with E-state index in [4.69, 9.17) is 0 Å². The lowest BCUT2D eigenvalue weighted by molar-refractivity contribution is -0.139. The van der Waals surface area contributed by atoms with Crippen LogP contribution in [-0.2, 0) is 9.53 Å². The van der Waals surface area contributed by atoms with Gasteiger partial charge in [0.2, 0.25) is 0 Å². The molecule has 0 aromatic heterocycles. The molecule has 1 aliphatic rings. The Morgan fingerprint density at radius 1 is 1.35 bits per heavy atom. The number of esters is 1. The van der Waals surface area contributed by atoms with Crippen LogP contribution in [0.1, 0.15) is 30.0 Å². The van der Waals surface area contributed by atoms with E-state index in [-0.39, 0.29) is 18.6 Å². The number of benzene rings is 1. The summed E-state index contributed by atoms with van der Waals surface area (Å²) in [7, 11) is 1.31. The molecule has 1 fully saturated rings. The van der Waals surface area contributed by atoms with Crippen LogP contribution in [0.2, 0.25) is 0 Å². The first-order chi connectivity index (χ1) is 9.61. The van der Waals surface area contributed by atoms with Crippen molar-refractivity contribution in [3.63, 3.8) is 0 Å². The Bertz CT molecular complexity index is 484. The van der Waals surface area contributed by atoms with Gasteiger partial charge in [-0.05, 0) is 25.3 Å². The highest BCUT2D eigenvalue weighted by atomic mass is 16.5. The Labute approximate surface area is 118 Å². The van der Waals surface area contributed by atoms with E-state index in [1.54, 1.807) is 4.90 Å². The molecule has 0 aliphatic carbocycles. The standard InChI is InChI=1S/C15H20N2O3/c1-11-5-7-12(8-6-11)13-4-3-9-17(13)15(19)16-10-14(18)20-2/h5-8,13H,3-4,9-10H2,1-2H3,(H,16,19)/t13-/m0/s1. The number of carbonyl (C=O) groups is 2. The van der Waals surface area contributed by atoms with Crippen LogP contribution >= 0.6 is 0 Å². The van der Waals surface area contributed by atoms with Gasteiger partial charge in [0.05, 0.1) is 13.2 Å². The Morgan fingerprint density at radius 2 is 2.05 bits per heavy atom. The third-order valence-electron chi connectivity index (χ3n) is 3.59. The summed E-state index contributed by atoms with van der Waals surface area (Å²) >= 11 is 0. The third kappa shape index (κ3) is 3.29. The van der Waals surface area contributed by atoms with Gasteiger partial charge in [-0.25, -0.2) is 4.79 Å². The van der Waals surface area contributed by atoms with Crippen LogP contribution in [0.4, 0.5) is 4.79 Å². The number of hydrogen-bond donors (Lipinski definition) is 1. The maximum atomic E-state index is 12.1. The molecule has 0 unspecified atom stereocenters. The quantitative estimate of drug-likeness (QED) is 0.859. The van der Waals surface area contributed by atoms with Crippen molar-refractivity contribution < 1.29 is 14.3 Å². The number of ether oxygens (including phenoxy) is 1. The molecule has 2 amide bonds. The number of carbonyl (C=O) groups excluding carboxylic acids is 2. The Kier molecular flexibility index (Phi) is 4.61.